The van der Waals surface area contributed by atoms with Gasteiger partial charge in [-0.1, -0.05) is 36.4 Å². The SMILES string of the molecule is S=C(NCC[NH+]1CCOCC1)N/N=C\c1ccc2ccccc2c1. The van der Waals surface area contributed by atoms with Crippen LogP contribution in [0.2, 0.25) is 0 Å². The Morgan fingerprint density at radius 3 is 2.79 bits per heavy atom. The Kier molecular flexibility index (Phi) is 6.12. The molecule has 2 aromatic rings. The van der Waals surface area contributed by atoms with Gasteiger partial charge in [-0.3, -0.25) is 5.43 Å². The van der Waals surface area contributed by atoms with Gasteiger partial charge in [0.15, 0.2) is 5.11 Å². The van der Waals surface area contributed by atoms with Crippen LogP contribution in [0.25, 0.3) is 10.8 Å². The van der Waals surface area contributed by atoms with Crippen molar-refractivity contribution in [2.75, 3.05) is 39.4 Å². The first-order valence-corrected chi connectivity index (χ1v) is 8.69. The predicted octanol–water partition coefficient (Wildman–Crippen LogP) is 0.553. The molecule has 126 valence electrons. The largest absolute Gasteiger partial charge is 0.370 e. The van der Waals surface area contributed by atoms with E-state index in [1.54, 1.807) is 11.1 Å². The molecule has 1 heterocycles. The zero-order chi connectivity index (χ0) is 16.6. The Hall–Kier alpha value is -2.02. The number of nitrogens with zero attached hydrogens (tertiary/aromatic N) is 1. The molecule has 1 aliphatic rings. The molecule has 0 unspecified atom stereocenters. The van der Waals surface area contributed by atoms with Gasteiger partial charge in [0, 0.05) is 0 Å². The lowest BCUT2D eigenvalue weighted by Gasteiger charge is -2.23. The van der Waals surface area contributed by atoms with Crippen LogP contribution in [0, 0.1) is 0 Å². The van der Waals surface area contributed by atoms with Crippen molar-refractivity contribution in [1.29, 1.82) is 0 Å². The first-order valence-electron chi connectivity index (χ1n) is 8.28. The molecule has 5 nitrogen and oxygen atoms in total. The second-order valence-corrected chi connectivity index (χ2v) is 6.25. The number of thiocarbonyl (C=S) groups is 1. The van der Waals surface area contributed by atoms with Crippen LogP contribution in [-0.2, 0) is 4.74 Å². The van der Waals surface area contributed by atoms with Gasteiger partial charge < -0.3 is 15.0 Å². The highest BCUT2D eigenvalue weighted by Crippen LogP contribution is 2.14. The molecule has 3 rings (SSSR count). The zero-order valence-corrected chi connectivity index (χ0v) is 14.4. The predicted molar refractivity (Wildman–Crippen MR) is 102 cm³/mol. The highest BCUT2D eigenvalue weighted by atomic mass is 32.1. The molecule has 0 aromatic heterocycles. The van der Waals surface area contributed by atoms with Crippen LogP contribution in [0.4, 0.5) is 0 Å². The number of nitrogens with one attached hydrogen (secondary N) is 3. The van der Waals surface area contributed by atoms with Crippen LogP contribution in [0.1, 0.15) is 5.56 Å². The van der Waals surface area contributed by atoms with Crippen LogP contribution < -0.4 is 15.6 Å². The van der Waals surface area contributed by atoms with Crippen molar-refractivity contribution >= 4 is 34.3 Å². The molecule has 0 saturated carbocycles. The van der Waals surface area contributed by atoms with Gasteiger partial charge in [-0.25, -0.2) is 0 Å². The first-order chi connectivity index (χ1) is 11.8. The van der Waals surface area contributed by atoms with Crippen molar-refractivity contribution in [1.82, 2.24) is 10.7 Å². The second-order valence-electron chi connectivity index (χ2n) is 5.84. The third kappa shape index (κ3) is 4.99. The monoisotopic (exact) mass is 343 g/mol. The Labute approximate surface area is 147 Å². The van der Waals surface area contributed by atoms with E-state index >= 15 is 0 Å². The van der Waals surface area contributed by atoms with Gasteiger partial charge in [-0.2, -0.15) is 5.10 Å². The Balaban J connectivity index is 1.42. The smallest absolute Gasteiger partial charge is 0.187 e. The molecule has 1 fully saturated rings. The molecular formula is C18H23N4OS+. The first kappa shape index (κ1) is 16.8. The minimum atomic E-state index is 0.555. The Morgan fingerprint density at radius 2 is 1.96 bits per heavy atom. The van der Waals surface area contributed by atoms with Crippen LogP contribution in [0.3, 0.4) is 0 Å². The third-order valence-corrected chi connectivity index (χ3v) is 4.35. The molecule has 1 saturated heterocycles. The van der Waals surface area contributed by atoms with E-state index < -0.39 is 0 Å². The molecule has 6 heteroatoms. The lowest BCUT2D eigenvalue weighted by atomic mass is 10.1. The van der Waals surface area contributed by atoms with Gasteiger partial charge in [-0.15, -0.1) is 0 Å². The summed E-state index contributed by atoms with van der Waals surface area (Å²) in [6.07, 6.45) is 1.79. The van der Waals surface area contributed by atoms with E-state index in [1.807, 2.05) is 18.2 Å². The quantitative estimate of drug-likeness (QED) is 0.422. The van der Waals surface area contributed by atoms with Crippen molar-refractivity contribution in [3.63, 3.8) is 0 Å². The number of rotatable bonds is 5. The summed E-state index contributed by atoms with van der Waals surface area (Å²) in [4.78, 5) is 1.55. The average Bonchev–Trinajstić information content (AvgIpc) is 2.62. The van der Waals surface area contributed by atoms with Gasteiger partial charge in [0.2, 0.25) is 0 Å². The molecule has 0 radical (unpaired) electrons. The normalized spacial score (nSPS) is 15.7. The Bertz CT molecular complexity index is 713. The van der Waals surface area contributed by atoms with Crippen molar-refractivity contribution in [2.24, 2.45) is 5.10 Å². The number of hydrogen-bond donors (Lipinski definition) is 3. The molecule has 0 spiro atoms. The molecule has 0 bridgehead atoms. The minimum absolute atomic E-state index is 0.555. The summed E-state index contributed by atoms with van der Waals surface area (Å²) < 4.78 is 5.35. The number of benzene rings is 2. The number of hydrogen-bond acceptors (Lipinski definition) is 3. The lowest BCUT2D eigenvalue weighted by molar-refractivity contribution is -0.906. The highest BCUT2D eigenvalue weighted by molar-refractivity contribution is 7.80. The summed E-state index contributed by atoms with van der Waals surface area (Å²) in [6, 6.07) is 14.5. The van der Waals surface area contributed by atoms with E-state index in [9.17, 15) is 0 Å². The number of ether oxygens (including phenoxy) is 1. The summed E-state index contributed by atoms with van der Waals surface area (Å²) in [6.45, 7) is 5.73. The molecule has 1 aliphatic heterocycles. The van der Waals surface area contributed by atoms with E-state index in [4.69, 9.17) is 17.0 Å². The maximum Gasteiger partial charge on any atom is 0.187 e. The molecule has 2 aromatic carbocycles. The molecule has 3 N–H and O–H groups in total. The van der Waals surface area contributed by atoms with Crippen molar-refractivity contribution < 1.29 is 9.64 Å². The fourth-order valence-electron chi connectivity index (χ4n) is 2.76. The van der Waals surface area contributed by atoms with E-state index in [0.717, 1.165) is 45.0 Å². The van der Waals surface area contributed by atoms with E-state index in [2.05, 4.69) is 40.1 Å². The van der Waals surface area contributed by atoms with Crippen LogP contribution in [0.15, 0.2) is 47.6 Å². The average molecular weight is 343 g/mol. The number of hydrazone groups is 1. The summed E-state index contributed by atoms with van der Waals surface area (Å²) in [5, 5.41) is 10.4. The van der Waals surface area contributed by atoms with Crippen LogP contribution in [0.5, 0.6) is 0 Å². The van der Waals surface area contributed by atoms with Gasteiger partial charge in [0.05, 0.1) is 32.5 Å². The fraction of sp³-hybridized carbons (Fsp3) is 0.333. The van der Waals surface area contributed by atoms with Crippen molar-refractivity contribution in [2.45, 2.75) is 0 Å². The standard InChI is InChI=1S/C18H22N4OS/c24-18(19-7-8-22-9-11-23-12-10-22)21-20-14-15-5-6-16-3-1-2-4-17(16)13-15/h1-6,13-14H,7-12H2,(H2,19,21,24)/p+1/b20-14-. The van der Waals surface area contributed by atoms with Crippen molar-refractivity contribution in [3.8, 4) is 0 Å². The minimum Gasteiger partial charge on any atom is -0.370 e. The number of quaternary nitrogens is 1. The summed E-state index contributed by atoms with van der Waals surface area (Å²) in [5.74, 6) is 0. The van der Waals surface area contributed by atoms with Crippen LogP contribution in [-0.4, -0.2) is 50.7 Å². The van der Waals surface area contributed by atoms with E-state index in [-0.39, 0.29) is 0 Å². The topological polar surface area (TPSA) is 50.1 Å². The summed E-state index contributed by atoms with van der Waals surface area (Å²) in [5.41, 5.74) is 3.92. The molecule has 24 heavy (non-hydrogen) atoms. The molecule has 0 atom stereocenters. The van der Waals surface area contributed by atoms with E-state index in [1.165, 1.54) is 10.8 Å². The number of fused-ring (bicyclic) bond motifs is 1. The summed E-state index contributed by atoms with van der Waals surface area (Å²) >= 11 is 5.24. The Morgan fingerprint density at radius 1 is 1.17 bits per heavy atom. The second kappa shape index (κ2) is 8.73. The fourth-order valence-corrected chi connectivity index (χ4v) is 2.91. The molecule has 0 amide bonds. The summed E-state index contributed by atoms with van der Waals surface area (Å²) in [7, 11) is 0. The van der Waals surface area contributed by atoms with Crippen molar-refractivity contribution in [3.05, 3.63) is 48.0 Å². The maximum atomic E-state index is 5.35. The van der Waals surface area contributed by atoms with Gasteiger partial charge in [0.1, 0.15) is 13.1 Å². The van der Waals surface area contributed by atoms with E-state index in [0.29, 0.717) is 5.11 Å². The van der Waals surface area contributed by atoms with Gasteiger partial charge in [-0.05, 0) is 34.6 Å². The molecular weight excluding hydrogens is 320 g/mol. The molecule has 0 aliphatic carbocycles. The maximum absolute atomic E-state index is 5.35. The lowest BCUT2D eigenvalue weighted by Crippen LogP contribution is -3.14. The highest BCUT2D eigenvalue weighted by Gasteiger charge is 2.12. The zero-order valence-electron chi connectivity index (χ0n) is 13.6. The third-order valence-electron chi connectivity index (χ3n) is 4.12. The van der Waals surface area contributed by atoms with Gasteiger partial charge >= 0.3 is 0 Å². The van der Waals surface area contributed by atoms with Gasteiger partial charge in [0.25, 0.3) is 0 Å². The number of morpholine rings is 1. The van der Waals surface area contributed by atoms with Crippen LogP contribution >= 0.6 is 12.2 Å².